The first-order chi connectivity index (χ1) is 8.13. The van der Waals surface area contributed by atoms with Gasteiger partial charge < -0.3 is 15.6 Å². The van der Waals surface area contributed by atoms with Crippen LogP contribution in [0.4, 0.5) is 0 Å². The van der Waals surface area contributed by atoms with Crippen molar-refractivity contribution in [2.45, 2.75) is 38.3 Å². The molecular formula is C14H22ClNO2. The zero-order valence-corrected chi connectivity index (χ0v) is 11.7. The summed E-state index contributed by atoms with van der Waals surface area (Å²) in [6, 6.07) is 5.58. The van der Waals surface area contributed by atoms with Crippen molar-refractivity contribution < 1.29 is 9.84 Å². The van der Waals surface area contributed by atoms with Gasteiger partial charge in [-0.25, -0.2) is 0 Å². The van der Waals surface area contributed by atoms with Gasteiger partial charge in [0, 0.05) is 0 Å². The topological polar surface area (TPSA) is 55.5 Å². The summed E-state index contributed by atoms with van der Waals surface area (Å²) in [6.45, 7) is 1.99. The number of rotatable bonds is 4. The number of nitrogens with two attached hydrogens (primary N) is 1. The molecule has 18 heavy (non-hydrogen) atoms. The molecule has 1 aliphatic carbocycles. The second-order valence-corrected chi connectivity index (χ2v) is 4.94. The number of benzene rings is 1. The summed E-state index contributed by atoms with van der Waals surface area (Å²) in [4.78, 5) is 0. The molecule has 2 atom stereocenters. The van der Waals surface area contributed by atoms with E-state index in [0.29, 0.717) is 5.92 Å². The lowest BCUT2D eigenvalue weighted by atomic mass is 9.77. The molecule has 0 radical (unpaired) electrons. The van der Waals surface area contributed by atoms with Crippen LogP contribution in [0, 0.1) is 12.8 Å². The smallest absolute Gasteiger partial charge is 0.121 e. The maximum absolute atomic E-state index is 10.2. The fourth-order valence-corrected chi connectivity index (χ4v) is 2.38. The van der Waals surface area contributed by atoms with Crippen molar-refractivity contribution in [2.75, 3.05) is 7.11 Å². The third kappa shape index (κ3) is 2.97. The Morgan fingerprint density at radius 1 is 1.39 bits per heavy atom. The van der Waals surface area contributed by atoms with Crippen molar-refractivity contribution in [1.29, 1.82) is 0 Å². The molecule has 0 aromatic heterocycles. The lowest BCUT2D eigenvalue weighted by Gasteiger charge is -2.34. The molecule has 0 bridgehead atoms. The molecule has 0 aliphatic heterocycles. The highest BCUT2D eigenvalue weighted by molar-refractivity contribution is 5.85. The minimum Gasteiger partial charge on any atom is -0.496 e. The Labute approximate surface area is 115 Å². The SMILES string of the molecule is COc1ccc([C@@H](N)[C@@H](O)C2CCC2)cc1C.Cl. The molecule has 1 aromatic rings. The fraction of sp³-hybridized carbons (Fsp3) is 0.571. The lowest BCUT2D eigenvalue weighted by Crippen LogP contribution is -2.36. The van der Waals surface area contributed by atoms with Crippen molar-refractivity contribution in [3.63, 3.8) is 0 Å². The Morgan fingerprint density at radius 3 is 2.50 bits per heavy atom. The van der Waals surface area contributed by atoms with E-state index in [1.807, 2.05) is 25.1 Å². The highest BCUT2D eigenvalue weighted by Gasteiger charge is 2.30. The summed E-state index contributed by atoms with van der Waals surface area (Å²) in [5.74, 6) is 1.24. The van der Waals surface area contributed by atoms with E-state index in [4.69, 9.17) is 10.5 Å². The maximum Gasteiger partial charge on any atom is 0.121 e. The zero-order chi connectivity index (χ0) is 12.4. The molecule has 1 saturated carbocycles. The third-order valence-electron chi connectivity index (χ3n) is 3.80. The molecule has 0 heterocycles. The van der Waals surface area contributed by atoms with Crippen molar-refractivity contribution in [3.05, 3.63) is 29.3 Å². The highest BCUT2D eigenvalue weighted by atomic mass is 35.5. The van der Waals surface area contributed by atoms with E-state index >= 15 is 0 Å². The third-order valence-corrected chi connectivity index (χ3v) is 3.80. The molecule has 1 aromatic carbocycles. The standard InChI is InChI=1S/C14H21NO2.ClH/c1-9-8-11(6-7-12(9)17-2)13(15)14(16)10-4-3-5-10;/h6-8,10,13-14,16H,3-5,15H2,1-2H3;1H/t13-,14+;/m1./s1. The fourth-order valence-electron chi connectivity index (χ4n) is 2.38. The molecular weight excluding hydrogens is 250 g/mol. The van der Waals surface area contributed by atoms with Gasteiger partial charge in [-0.2, -0.15) is 0 Å². The summed E-state index contributed by atoms with van der Waals surface area (Å²) in [5, 5.41) is 10.2. The van der Waals surface area contributed by atoms with E-state index in [2.05, 4.69) is 0 Å². The number of hydrogen-bond acceptors (Lipinski definition) is 3. The summed E-state index contributed by atoms with van der Waals surface area (Å²) in [6.07, 6.45) is 3.00. The second-order valence-electron chi connectivity index (χ2n) is 4.94. The number of aryl methyl sites for hydroxylation is 1. The number of aliphatic hydroxyl groups is 1. The quantitative estimate of drug-likeness (QED) is 0.885. The largest absolute Gasteiger partial charge is 0.496 e. The van der Waals surface area contributed by atoms with Crippen LogP contribution in [-0.4, -0.2) is 18.3 Å². The molecule has 0 spiro atoms. The van der Waals surface area contributed by atoms with Gasteiger partial charge in [0.1, 0.15) is 5.75 Å². The second kappa shape index (κ2) is 6.41. The van der Waals surface area contributed by atoms with Gasteiger partial charge in [0.15, 0.2) is 0 Å². The first-order valence-electron chi connectivity index (χ1n) is 6.21. The summed E-state index contributed by atoms with van der Waals surface area (Å²) < 4.78 is 5.22. The van der Waals surface area contributed by atoms with Gasteiger partial charge in [-0.15, -0.1) is 12.4 Å². The van der Waals surface area contributed by atoms with E-state index in [1.54, 1.807) is 7.11 Å². The van der Waals surface area contributed by atoms with Crippen molar-refractivity contribution in [3.8, 4) is 5.75 Å². The van der Waals surface area contributed by atoms with E-state index in [0.717, 1.165) is 29.7 Å². The first-order valence-corrected chi connectivity index (χ1v) is 6.21. The maximum atomic E-state index is 10.2. The molecule has 1 aliphatic rings. The van der Waals surface area contributed by atoms with Crippen LogP contribution < -0.4 is 10.5 Å². The predicted molar refractivity (Wildman–Crippen MR) is 75.3 cm³/mol. The Hall–Kier alpha value is -0.770. The molecule has 0 unspecified atom stereocenters. The average molecular weight is 272 g/mol. The normalized spacial score (nSPS) is 18.4. The number of ether oxygens (including phenoxy) is 1. The number of methoxy groups -OCH3 is 1. The number of halogens is 1. The summed E-state index contributed by atoms with van der Waals surface area (Å²) in [5.41, 5.74) is 8.16. The molecule has 4 heteroatoms. The van der Waals surface area contributed by atoms with Gasteiger partial charge in [0.2, 0.25) is 0 Å². The van der Waals surface area contributed by atoms with E-state index in [9.17, 15) is 5.11 Å². The number of aliphatic hydroxyl groups excluding tert-OH is 1. The number of hydrogen-bond donors (Lipinski definition) is 2. The minimum atomic E-state index is -0.420. The zero-order valence-electron chi connectivity index (χ0n) is 10.9. The molecule has 0 amide bonds. The van der Waals surface area contributed by atoms with Gasteiger partial charge in [0.25, 0.3) is 0 Å². The average Bonchev–Trinajstić information content (AvgIpc) is 2.25. The van der Waals surface area contributed by atoms with Gasteiger partial charge in [-0.3, -0.25) is 0 Å². The van der Waals surface area contributed by atoms with Crippen LogP contribution in [-0.2, 0) is 0 Å². The van der Waals surface area contributed by atoms with E-state index < -0.39 is 6.10 Å². The molecule has 3 N–H and O–H groups in total. The Bertz CT molecular complexity index is 393. The van der Waals surface area contributed by atoms with Gasteiger partial charge >= 0.3 is 0 Å². The Balaban J connectivity index is 0.00000162. The van der Waals surface area contributed by atoms with Gasteiger partial charge in [0.05, 0.1) is 19.3 Å². The molecule has 1 fully saturated rings. The van der Waals surface area contributed by atoms with Crippen LogP contribution in [0.3, 0.4) is 0 Å². The first kappa shape index (κ1) is 15.3. The van der Waals surface area contributed by atoms with Crippen LogP contribution in [0.2, 0.25) is 0 Å². The van der Waals surface area contributed by atoms with Crippen LogP contribution in [0.1, 0.15) is 36.4 Å². The van der Waals surface area contributed by atoms with Crippen molar-refractivity contribution in [1.82, 2.24) is 0 Å². The monoisotopic (exact) mass is 271 g/mol. The van der Waals surface area contributed by atoms with Crippen LogP contribution in [0.25, 0.3) is 0 Å². The highest BCUT2D eigenvalue weighted by Crippen LogP contribution is 2.34. The van der Waals surface area contributed by atoms with Gasteiger partial charge in [-0.1, -0.05) is 18.6 Å². The van der Waals surface area contributed by atoms with Crippen molar-refractivity contribution in [2.24, 2.45) is 11.7 Å². The molecule has 2 rings (SSSR count). The summed E-state index contributed by atoms with van der Waals surface area (Å²) in [7, 11) is 1.66. The lowest BCUT2D eigenvalue weighted by molar-refractivity contribution is 0.0413. The minimum absolute atomic E-state index is 0. The van der Waals surface area contributed by atoms with E-state index in [-0.39, 0.29) is 18.4 Å². The molecule has 0 saturated heterocycles. The Kier molecular flexibility index (Phi) is 5.45. The molecule has 102 valence electrons. The van der Waals surface area contributed by atoms with E-state index in [1.165, 1.54) is 6.42 Å². The molecule has 3 nitrogen and oxygen atoms in total. The van der Waals surface area contributed by atoms with Crippen LogP contribution >= 0.6 is 12.4 Å². The van der Waals surface area contributed by atoms with Crippen LogP contribution in [0.15, 0.2) is 18.2 Å². The predicted octanol–water partition coefficient (Wildman–Crippen LogP) is 2.59. The van der Waals surface area contributed by atoms with Crippen LogP contribution in [0.5, 0.6) is 5.75 Å². The van der Waals surface area contributed by atoms with Gasteiger partial charge in [-0.05, 0) is 42.9 Å². The Morgan fingerprint density at radius 2 is 2.06 bits per heavy atom. The van der Waals surface area contributed by atoms with Crippen molar-refractivity contribution >= 4 is 12.4 Å². The summed E-state index contributed by atoms with van der Waals surface area (Å²) >= 11 is 0.